The van der Waals surface area contributed by atoms with Crippen LogP contribution < -0.4 is 16.2 Å². The van der Waals surface area contributed by atoms with Crippen molar-refractivity contribution in [1.29, 1.82) is 0 Å². The summed E-state index contributed by atoms with van der Waals surface area (Å²) in [6.07, 6.45) is 4.71. The van der Waals surface area contributed by atoms with Crippen LogP contribution in [0.2, 0.25) is 0 Å². The molecule has 0 aromatic carbocycles. The zero-order valence-corrected chi connectivity index (χ0v) is 10.1. The van der Waals surface area contributed by atoms with Crippen molar-refractivity contribution in [1.82, 2.24) is 14.5 Å². The zero-order valence-electron chi connectivity index (χ0n) is 9.27. The molecule has 0 unspecified atom stereocenters. The number of hydrogen-bond acceptors (Lipinski definition) is 5. The Morgan fingerprint density at radius 1 is 1.47 bits per heavy atom. The molecule has 90 valence electrons. The highest BCUT2D eigenvalue weighted by molar-refractivity contribution is 7.16. The van der Waals surface area contributed by atoms with Crippen LogP contribution in [0.4, 0.5) is 5.95 Å². The number of hydrogen-bond donors (Lipinski definition) is 2. The number of nitrogens with zero attached hydrogens (tertiary/aromatic N) is 2. The van der Waals surface area contributed by atoms with E-state index in [2.05, 4.69) is 9.97 Å². The average molecular weight is 252 g/mol. The molecule has 0 bridgehead atoms. The molecule has 0 saturated heterocycles. The molecule has 0 aliphatic rings. The van der Waals surface area contributed by atoms with Gasteiger partial charge in [0.1, 0.15) is 4.70 Å². The van der Waals surface area contributed by atoms with Crippen LogP contribution >= 0.6 is 11.3 Å². The van der Waals surface area contributed by atoms with Crippen LogP contribution in [-0.2, 0) is 6.54 Å². The molecule has 3 N–H and O–H groups in total. The molecule has 2 rings (SSSR count). The van der Waals surface area contributed by atoms with Gasteiger partial charge in [0.2, 0.25) is 5.95 Å². The van der Waals surface area contributed by atoms with Crippen molar-refractivity contribution in [2.24, 2.45) is 0 Å². The van der Waals surface area contributed by atoms with Gasteiger partial charge in [-0.1, -0.05) is 30.4 Å². The van der Waals surface area contributed by atoms with Gasteiger partial charge < -0.3 is 5.73 Å². The number of thiazole rings is 1. The molecule has 0 saturated carbocycles. The zero-order chi connectivity index (χ0) is 12.4. The van der Waals surface area contributed by atoms with Crippen LogP contribution in [0, 0.1) is 0 Å². The standard InChI is InChI=1S/C10H12N4O2S/c1-2-3-4-5-14-7-6(17-10(14)16)8(15)13-9(11)12-7/h3-4H,2,5H2,1H3,(H3,11,12,13,15)/b4-3-. The van der Waals surface area contributed by atoms with E-state index in [1.807, 2.05) is 19.1 Å². The highest BCUT2D eigenvalue weighted by atomic mass is 32.1. The van der Waals surface area contributed by atoms with Crippen LogP contribution in [0.3, 0.4) is 0 Å². The lowest BCUT2D eigenvalue weighted by Crippen LogP contribution is -2.14. The minimum Gasteiger partial charge on any atom is -0.369 e. The summed E-state index contributed by atoms with van der Waals surface area (Å²) in [6.45, 7) is 2.41. The number of nitrogen functional groups attached to an aromatic ring is 1. The molecule has 6 nitrogen and oxygen atoms in total. The largest absolute Gasteiger partial charge is 0.369 e. The normalized spacial score (nSPS) is 11.6. The summed E-state index contributed by atoms with van der Waals surface area (Å²) in [7, 11) is 0. The van der Waals surface area contributed by atoms with Gasteiger partial charge in [-0.25, -0.2) is 0 Å². The first-order valence-corrected chi connectivity index (χ1v) is 5.99. The predicted molar refractivity (Wildman–Crippen MR) is 68.3 cm³/mol. The smallest absolute Gasteiger partial charge is 0.309 e. The third kappa shape index (κ3) is 2.14. The highest BCUT2D eigenvalue weighted by Gasteiger charge is 2.11. The second-order valence-electron chi connectivity index (χ2n) is 3.46. The molecule has 0 radical (unpaired) electrons. The average Bonchev–Trinajstić information content (AvgIpc) is 2.57. The van der Waals surface area contributed by atoms with E-state index in [4.69, 9.17) is 5.73 Å². The molecule has 0 atom stereocenters. The van der Waals surface area contributed by atoms with Crippen LogP contribution in [0.5, 0.6) is 0 Å². The maximum atomic E-state index is 11.7. The Kier molecular flexibility index (Phi) is 3.10. The minimum absolute atomic E-state index is 0.0218. The van der Waals surface area contributed by atoms with Gasteiger partial charge in [-0.05, 0) is 6.42 Å². The first-order valence-electron chi connectivity index (χ1n) is 5.17. The van der Waals surface area contributed by atoms with Crippen molar-refractivity contribution in [3.05, 3.63) is 32.2 Å². The summed E-state index contributed by atoms with van der Waals surface area (Å²) in [4.78, 5) is 29.4. The number of rotatable bonds is 3. The second kappa shape index (κ2) is 4.54. The summed E-state index contributed by atoms with van der Waals surface area (Å²) < 4.78 is 1.76. The predicted octanol–water partition coefficient (Wildman–Crippen LogP) is 0.695. The van der Waals surface area contributed by atoms with Gasteiger partial charge in [0.15, 0.2) is 5.65 Å². The van der Waals surface area contributed by atoms with E-state index in [9.17, 15) is 9.59 Å². The highest BCUT2D eigenvalue weighted by Crippen LogP contribution is 2.10. The van der Waals surface area contributed by atoms with E-state index in [1.54, 1.807) is 0 Å². The summed E-state index contributed by atoms with van der Waals surface area (Å²) in [5.74, 6) is 0.0218. The van der Waals surface area contributed by atoms with Crippen LogP contribution in [0.1, 0.15) is 13.3 Å². The van der Waals surface area contributed by atoms with Crippen molar-refractivity contribution in [3.8, 4) is 0 Å². The Balaban J connectivity index is 2.62. The Bertz CT molecular complexity index is 680. The van der Waals surface area contributed by atoms with Gasteiger partial charge in [0, 0.05) is 6.54 Å². The van der Waals surface area contributed by atoms with E-state index < -0.39 is 0 Å². The second-order valence-corrected chi connectivity index (χ2v) is 4.42. The van der Waals surface area contributed by atoms with Crippen LogP contribution in [-0.4, -0.2) is 14.5 Å². The first kappa shape index (κ1) is 11.6. The number of nitrogens with two attached hydrogens (primary N) is 1. The minimum atomic E-state index is -0.368. The lowest BCUT2D eigenvalue weighted by atomic mass is 10.4. The molecule has 2 aromatic rings. The number of aromatic amines is 1. The number of nitrogens with one attached hydrogen (secondary N) is 1. The number of aromatic nitrogens is 3. The fraction of sp³-hybridized carbons (Fsp3) is 0.300. The molecule has 0 spiro atoms. The number of H-pyrrole nitrogens is 1. The molecule has 0 aliphatic heterocycles. The molecule has 0 fully saturated rings. The van der Waals surface area contributed by atoms with E-state index in [-0.39, 0.29) is 16.4 Å². The fourth-order valence-corrected chi connectivity index (χ4v) is 2.32. The van der Waals surface area contributed by atoms with Crippen LogP contribution in [0.15, 0.2) is 21.7 Å². The number of anilines is 1. The Morgan fingerprint density at radius 3 is 2.94 bits per heavy atom. The molecule has 17 heavy (non-hydrogen) atoms. The molecule has 2 aromatic heterocycles. The Hall–Kier alpha value is -1.89. The van der Waals surface area contributed by atoms with E-state index in [0.717, 1.165) is 17.8 Å². The molecule has 0 aliphatic carbocycles. The van der Waals surface area contributed by atoms with Gasteiger partial charge in [-0.15, -0.1) is 0 Å². The summed E-state index contributed by atoms with van der Waals surface area (Å²) >= 11 is 0.884. The maximum Gasteiger partial charge on any atom is 0.309 e. The van der Waals surface area contributed by atoms with E-state index in [0.29, 0.717) is 16.9 Å². The molecular formula is C10H12N4O2S. The summed E-state index contributed by atoms with van der Waals surface area (Å²) in [5.41, 5.74) is 5.44. The lowest BCUT2D eigenvalue weighted by molar-refractivity contribution is 0.822. The summed E-state index contributed by atoms with van der Waals surface area (Å²) in [6, 6.07) is 0. The van der Waals surface area contributed by atoms with Gasteiger partial charge in [-0.3, -0.25) is 19.1 Å². The van der Waals surface area contributed by atoms with Crippen molar-refractivity contribution < 1.29 is 0 Å². The third-order valence-electron chi connectivity index (χ3n) is 2.23. The van der Waals surface area contributed by atoms with Crippen molar-refractivity contribution >= 4 is 27.6 Å². The summed E-state index contributed by atoms with van der Waals surface area (Å²) in [5, 5.41) is 0. The third-order valence-corrected chi connectivity index (χ3v) is 3.20. The molecule has 2 heterocycles. The van der Waals surface area contributed by atoms with Gasteiger partial charge >= 0.3 is 4.87 Å². The van der Waals surface area contributed by atoms with Crippen LogP contribution in [0.25, 0.3) is 10.3 Å². The van der Waals surface area contributed by atoms with Gasteiger partial charge in [0.05, 0.1) is 0 Å². The quantitative estimate of drug-likeness (QED) is 0.786. The van der Waals surface area contributed by atoms with Crippen molar-refractivity contribution in [2.45, 2.75) is 19.9 Å². The topological polar surface area (TPSA) is 93.8 Å². The van der Waals surface area contributed by atoms with E-state index in [1.165, 1.54) is 4.57 Å². The molecule has 7 heteroatoms. The maximum absolute atomic E-state index is 11.7. The monoisotopic (exact) mass is 252 g/mol. The van der Waals surface area contributed by atoms with Crippen molar-refractivity contribution in [3.63, 3.8) is 0 Å². The SMILES string of the molecule is CC/C=C\Cn1c(=O)sc2c(=O)[nH]c(N)nc21. The number of fused-ring (bicyclic) bond motifs is 1. The fourth-order valence-electron chi connectivity index (χ4n) is 1.48. The Labute approximate surface area is 100 Å². The number of allylic oxidation sites excluding steroid dienone is 2. The molecular weight excluding hydrogens is 240 g/mol. The Morgan fingerprint density at radius 2 is 2.24 bits per heavy atom. The first-order chi connectivity index (χ1) is 8.13. The lowest BCUT2D eigenvalue weighted by Gasteiger charge is -1.98. The van der Waals surface area contributed by atoms with Crippen molar-refractivity contribution in [2.75, 3.05) is 5.73 Å². The van der Waals surface area contributed by atoms with Gasteiger partial charge in [0.25, 0.3) is 5.56 Å². The van der Waals surface area contributed by atoms with Gasteiger partial charge in [-0.2, -0.15) is 4.98 Å². The molecule has 0 amide bonds. The van der Waals surface area contributed by atoms with E-state index >= 15 is 0 Å².